The van der Waals surface area contributed by atoms with Gasteiger partial charge in [-0.2, -0.15) is 4.57 Å². The van der Waals surface area contributed by atoms with Crippen molar-refractivity contribution in [1.29, 1.82) is 0 Å². The standard InChI is InChI=1S/C28H30BrN2OS3.2C2H6/c1-5-19(3)26(34-23-13-12-22(29)16-20(23)4)27-28(32)31(6-2)25(35-27)17-24-30(14-15-33-24)18-21-10-8-7-9-11-21;2*1-2/h7-17,19H,5-6,18H2,1-4H3;2*1-2H3/q+1;;/b27-26+;;. The van der Waals surface area contributed by atoms with E-state index in [0.29, 0.717) is 12.5 Å². The average Bonchev–Trinajstić information content (AvgIpc) is 3.53. The molecule has 7 heteroatoms. The number of thiazole rings is 2. The minimum atomic E-state index is 0.118. The highest BCUT2D eigenvalue weighted by Crippen LogP contribution is 2.36. The van der Waals surface area contributed by atoms with Crippen LogP contribution in [0.4, 0.5) is 0 Å². The minimum Gasteiger partial charge on any atom is -0.299 e. The van der Waals surface area contributed by atoms with Gasteiger partial charge in [0.25, 0.3) is 10.6 Å². The van der Waals surface area contributed by atoms with Crippen LogP contribution in [0.1, 0.15) is 71.0 Å². The molecule has 0 aliphatic rings. The Bertz CT molecular complexity index is 1490. The molecular weight excluding hydrogens is 604 g/mol. The summed E-state index contributed by atoms with van der Waals surface area (Å²) in [6.07, 6.45) is 5.29. The first-order valence-corrected chi connectivity index (χ1v) is 17.1. The Hall–Kier alpha value is -1.93. The Morgan fingerprint density at radius 1 is 1.10 bits per heavy atom. The molecule has 2 aromatic carbocycles. The minimum absolute atomic E-state index is 0.118. The van der Waals surface area contributed by atoms with E-state index in [0.717, 1.165) is 36.5 Å². The SMILES string of the molecule is CC.CC.CCC(C)/C(Sc1ccc(Br)cc1C)=c1\s/c(=C\c2scc[n+]2Cc2ccccc2)n(CC)c1=O. The summed E-state index contributed by atoms with van der Waals surface area (Å²) >= 11 is 8.64. The molecule has 0 N–H and O–H groups in total. The van der Waals surface area contributed by atoms with Crippen molar-refractivity contribution >= 4 is 61.3 Å². The van der Waals surface area contributed by atoms with Crippen LogP contribution in [0.15, 0.2) is 74.3 Å². The monoisotopic (exact) mass is 645 g/mol. The molecule has 2 heterocycles. The largest absolute Gasteiger partial charge is 0.299 e. The number of halogens is 1. The highest BCUT2D eigenvalue weighted by molar-refractivity contribution is 9.10. The molecule has 0 saturated carbocycles. The van der Waals surface area contributed by atoms with E-state index >= 15 is 0 Å². The van der Waals surface area contributed by atoms with Crippen LogP contribution in [-0.4, -0.2) is 4.57 Å². The third-order valence-corrected chi connectivity index (χ3v) is 10.1. The topological polar surface area (TPSA) is 25.9 Å². The summed E-state index contributed by atoms with van der Waals surface area (Å²) in [5.41, 5.74) is 2.59. The maximum atomic E-state index is 13.6. The molecular formula is C32H42BrN2OS3+. The van der Waals surface area contributed by atoms with Crippen molar-refractivity contribution in [3.05, 3.63) is 100 Å². The predicted octanol–water partition coefficient (Wildman–Crippen LogP) is 8.23. The number of rotatable bonds is 8. The van der Waals surface area contributed by atoms with Crippen molar-refractivity contribution in [2.45, 2.75) is 79.8 Å². The maximum Gasteiger partial charge on any atom is 0.269 e. The molecule has 2 aromatic heterocycles. The lowest BCUT2D eigenvalue weighted by atomic mass is 10.1. The first kappa shape index (κ1) is 33.3. The van der Waals surface area contributed by atoms with Crippen LogP contribution < -0.4 is 19.3 Å². The van der Waals surface area contributed by atoms with E-state index in [1.54, 1.807) is 34.4 Å². The summed E-state index contributed by atoms with van der Waals surface area (Å²) < 4.78 is 7.12. The number of aromatic nitrogens is 2. The quantitative estimate of drug-likeness (QED) is 0.142. The third kappa shape index (κ3) is 8.78. The van der Waals surface area contributed by atoms with Crippen LogP contribution in [-0.2, 0) is 13.1 Å². The second kappa shape index (κ2) is 17.0. The van der Waals surface area contributed by atoms with Crippen molar-refractivity contribution in [3.8, 4) is 0 Å². The molecule has 0 spiro atoms. The number of hydrogen-bond donors (Lipinski definition) is 0. The number of hydrogen-bond acceptors (Lipinski definition) is 4. The summed E-state index contributed by atoms with van der Waals surface area (Å²) in [5.74, 6) is 0.303. The molecule has 0 bridgehead atoms. The van der Waals surface area contributed by atoms with Crippen molar-refractivity contribution in [3.63, 3.8) is 0 Å². The summed E-state index contributed by atoms with van der Waals surface area (Å²) in [7, 11) is 0. The Kier molecular flexibility index (Phi) is 14.5. The maximum absolute atomic E-state index is 13.6. The molecule has 1 atom stereocenters. The van der Waals surface area contributed by atoms with E-state index < -0.39 is 0 Å². The lowest BCUT2D eigenvalue weighted by Crippen LogP contribution is -2.36. The molecule has 4 aromatic rings. The molecule has 210 valence electrons. The summed E-state index contributed by atoms with van der Waals surface area (Å²) in [5, 5.41) is 3.26. The van der Waals surface area contributed by atoms with Gasteiger partial charge in [0.2, 0.25) is 0 Å². The third-order valence-electron chi connectivity index (χ3n) is 6.02. The van der Waals surface area contributed by atoms with Crippen molar-refractivity contribution in [1.82, 2.24) is 4.57 Å². The normalized spacial score (nSPS) is 12.7. The van der Waals surface area contributed by atoms with Crippen molar-refractivity contribution in [2.75, 3.05) is 0 Å². The highest BCUT2D eigenvalue weighted by Gasteiger charge is 2.18. The molecule has 0 radical (unpaired) electrons. The predicted molar refractivity (Wildman–Crippen MR) is 177 cm³/mol. The Morgan fingerprint density at radius 2 is 1.79 bits per heavy atom. The molecule has 39 heavy (non-hydrogen) atoms. The zero-order valence-corrected chi connectivity index (χ0v) is 28.5. The molecule has 1 unspecified atom stereocenters. The van der Waals surface area contributed by atoms with Crippen molar-refractivity contribution in [2.24, 2.45) is 5.92 Å². The Labute approximate surface area is 255 Å². The van der Waals surface area contributed by atoms with E-state index in [1.165, 1.54) is 16.0 Å². The lowest BCUT2D eigenvalue weighted by molar-refractivity contribution is -0.685. The van der Waals surface area contributed by atoms with E-state index in [1.807, 2.05) is 38.3 Å². The van der Waals surface area contributed by atoms with E-state index in [2.05, 4.69) is 108 Å². The van der Waals surface area contributed by atoms with Gasteiger partial charge >= 0.3 is 0 Å². The molecule has 0 amide bonds. The first-order valence-electron chi connectivity index (χ1n) is 13.8. The van der Waals surface area contributed by atoms with Gasteiger partial charge in [-0.25, -0.2) is 0 Å². The van der Waals surface area contributed by atoms with Crippen LogP contribution in [0.5, 0.6) is 0 Å². The summed E-state index contributed by atoms with van der Waals surface area (Å²) in [6, 6.07) is 16.8. The Morgan fingerprint density at radius 3 is 2.41 bits per heavy atom. The number of nitrogens with zero attached hydrogens (tertiary/aromatic N) is 2. The van der Waals surface area contributed by atoms with Gasteiger partial charge in [-0.1, -0.05) is 111 Å². The molecule has 0 aliphatic heterocycles. The van der Waals surface area contributed by atoms with Crippen LogP contribution in [0.3, 0.4) is 0 Å². The van der Waals surface area contributed by atoms with Gasteiger partial charge < -0.3 is 0 Å². The first-order chi connectivity index (χ1) is 18.9. The summed E-state index contributed by atoms with van der Waals surface area (Å²) in [6.45, 7) is 18.1. The number of aryl methyl sites for hydroxylation is 1. The number of thioether (sulfide) groups is 1. The van der Waals surface area contributed by atoms with E-state index in [4.69, 9.17) is 0 Å². The van der Waals surface area contributed by atoms with E-state index in [9.17, 15) is 4.79 Å². The second-order valence-corrected chi connectivity index (χ2v) is 12.5. The smallest absolute Gasteiger partial charge is 0.269 e. The van der Waals surface area contributed by atoms with Gasteiger partial charge in [-0.3, -0.25) is 9.36 Å². The molecule has 4 rings (SSSR count). The van der Waals surface area contributed by atoms with Crippen LogP contribution in [0.25, 0.3) is 11.0 Å². The molecule has 0 fully saturated rings. The lowest BCUT2D eigenvalue weighted by Gasteiger charge is -2.14. The molecule has 0 saturated heterocycles. The van der Waals surface area contributed by atoms with Gasteiger partial charge in [0.15, 0.2) is 12.7 Å². The van der Waals surface area contributed by atoms with Gasteiger partial charge in [0.1, 0.15) is 9.20 Å². The zero-order chi connectivity index (χ0) is 28.9. The average molecular weight is 647 g/mol. The van der Waals surface area contributed by atoms with Gasteiger partial charge in [0, 0.05) is 26.4 Å². The van der Waals surface area contributed by atoms with E-state index in [-0.39, 0.29) is 5.56 Å². The van der Waals surface area contributed by atoms with Gasteiger partial charge in [0.05, 0.1) is 11.5 Å². The second-order valence-electron chi connectivity index (χ2n) is 8.50. The van der Waals surface area contributed by atoms with Crippen LogP contribution >= 0.6 is 50.4 Å². The van der Waals surface area contributed by atoms with Crippen molar-refractivity contribution < 1.29 is 4.57 Å². The highest BCUT2D eigenvalue weighted by atomic mass is 79.9. The molecule has 0 aliphatic carbocycles. The fourth-order valence-electron chi connectivity index (χ4n) is 3.84. The van der Waals surface area contributed by atoms with Crippen LogP contribution in [0.2, 0.25) is 0 Å². The zero-order valence-electron chi connectivity index (χ0n) is 24.5. The molecule has 3 nitrogen and oxygen atoms in total. The van der Waals surface area contributed by atoms with Gasteiger partial charge in [-0.15, -0.1) is 11.3 Å². The summed E-state index contributed by atoms with van der Waals surface area (Å²) in [4.78, 5) is 16.0. The fourth-order valence-corrected chi connectivity index (χ4v) is 7.77. The van der Waals surface area contributed by atoms with Crippen LogP contribution in [0, 0.1) is 12.8 Å². The Balaban J connectivity index is 0.00000127. The number of benzene rings is 2. The fraction of sp³-hybridized carbons (Fsp3) is 0.375. The van der Waals surface area contributed by atoms with Gasteiger partial charge in [-0.05, 0) is 49.9 Å².